The molecule has 1 atom stereocenters. The van der Waals surface area contributed by atoms with Gasteiger partial charge in [-0.15, -0.1) is 0 Å². The van der Waals surface area contributed by atoms with Crippen LogP contribution in [0.25, 0.3) is 0 Å². The first-order valence-electron chi connectivity index (χ1n) is 7.93. The van der Waals surface area contributed by atoms with Gasteiger partial charge in [0.15, 0.2) is 0 Å². The first-order valence-corrected chi connectivity index (χ1v) is 7.93. The number of anilines is 1. The number of nitrogens with one attached hydrogen (secondary N) is 1. The molecule has 1 heterocycles. The fourth-order valence-corrected chi connectivity index (χ4v) is 2.56. The van der Waals surface area contributed by atoms with Gasteiger partial charge in [-0.25, -0.2) is 0 Å². The summed E-state index contributed by atoms with van der Waals surface area (Å²) in [5.41, 5.74) is 2.54. The molecule has 21 heavy (non-hydrogen) atoms. The smallest absolute Gasteiger partial charge is 0.236 e. The van der Waals surface area contributed by atoms with E-state index < -0.39 is 0 Å². The predicted molar refractivity (Wildman–Crippen MR) is 87.7 cm³/mol. The summed E-state index contributed by atoms with van der Waals surface area (Å²) in [6.07, 6.45) is 1.05. The van der Waals surface area contributed by atoms with Gasteiger partial charge in [0.25, 0.3) is 0 Å². The number of aryl methyl sites for hydroxylation is 1. The van der Waals surface area contributed by atoms with E-state index in [9.17, 15) is 4.79 Å². The van der Waals surface area contributed by atoms with Crippen LogP contribution in [0, 0.1) is 6.92 Å². The lowest BCUT2D eigenvalue weighted by Crippen LogP contribution is -2.51. The number of hydrogen-bond donors (Lipinski definition) is 1. The molecule has 1 amide bonds. The summed E-state index contributed by atoms with van der Waals surface area (Å²) in [5.74, 6) is 0.221. The summed E-state index contributed by atoms with van der Waals surface area (Å²) in [6.45, 7) is 10.3. The van der Waals surface area contributed by atoms with Gasteiger partial charge in [-0.3, -0.25) is 4.79 Å². The van der Waals surface area contributed by atoms with E-state index in [0.29, 0.717) is 12.6 Å². The molecule has 0 bridgehead atoms. The maximum absolute atomic E-state index is 12.2. The Morgan fingerprint density at radius 1 is 1.29 bits per heavy atom. The minimum absolute atomic E-state index is 0.221. The topological polar surface area (TPSA) is 35.6 Å². The number of carbonyl (C=O) groups excluding carboxylic acids is 1. The first-order chi connectivity index (χ1) is 10.1. The maximum atomic E-state index is 12.2. The molecule has 1 aromatic rings. The predicted octanol–water partition coefficient (Wildman–Crippen LogP) is 2.03. The Morgan fingerprint density at radius 2 is 2.00 bits per heavy atom. The van der Waals surface area contributed by atoms with E-state index in [0.717, 1.165) is 32.6 Å². The Balaban J connectivity index is 1.81. The molecule has 0 saturated carbocycles. The standard InChI is InChI=1S/C17H27N3O/c1-4-15(3)18-13-17(21)20-10-8-19(9-11-20)16-7-5-6-14(2)12-16/h5-7,12,15,18H,4,8-11,13H2,1-3H3. The second-order valence-electron chi connectivity index (χ2n) is 5.90. The molecule has 1 N–H and O–H groups in total. The van der Waals surface area contributed by atoms with Crippen molar-refractivity contribution >= 4 is 11.6 Å². The number of amides is 1. The molecule has 4 nitrogen and oxygen atoms in total. The lowest BCUT2D eigenvalue weighted by molar-refractivity contribution is -0.130. The van der Waals surface area contributed by atoms with Crippen LogP contribution in [-0.4, -0.2) is 49.6 Å². The number of hydrogen-bond acceptors (Lipinski definition) is 3. The molecule has 116 valence electrons. The van der Waals surface area contributed by atoms with Crippen molar-refractivity contribution in [2.45, 2.75) is 33.2 Å². The van der Waals surface area contributed by atoms with Crippen LogP contribution in [0.2, 0.25) is 0 Å². The highest BCUT2D eigenvalue weighted by Gasteiger charge is 2.21. The summed E-state index contributed by atoms with van der Waals surface area (Å²) >= 11 is 0. The minimum Gasteiger partial charge on any atom is -0.368 e. The monoisotopic (exact) mass is 289 g/mol. The molecular weight excluding hydrogens is 262 g/mol. The third kappa shape index (κ3) is 4.46. The van der Waals surface area contributed by atoms with Gasteiger partial charge in [-0.2, -0.15) is 0 Å². The van der Waals surface area contributed by atoms with Crippen molar-refractivity contribution in [2.75, 3.05) is 37.6 Å². The van der Waals surface area contributed by atoms with Gasteiger partial charge in [0.2, 0.25) is 5.91 Å². The van der Waals surface area contributed by atoms with Gasteiger partial charge in [0, 0.05) is 37.9 Å². The van der Waals surface area contributed by atoms with E-state index in [4.69, 9.17) is 0 Å². The molecule has 1 saturated heterocycles. The molecular formula is C17H27N3O. The van der Waals surface area contributed by atoms with Crippen LogP contribution in [0.5, 0.6) is 0 Å². The summed E-state index contributed by atoms with van der Waals surface area (Å²) in [7, 11) is 0. The maximum Gasteiger partial charge on any atom is 0.236 e. The van der Waals surface area contributed by atoms with Gasteiger partial charge in [-0.05, 0) is 38.0 Å². The van der Waals surface area contributed by atoms with E-state index in [1.165, 1.54) is 11.3 Å². The lowest BCUT2D eigenvalue weighted by Gasteiger charge is -2.36. The van der Waals surface area contributed by atoms with Gasteiger partial charge in [0.1, 0.15) is 0 Å². The Morgan fingerprint density at radius 3 is 2.62 bits per heavy atom. The van der Waals surface area contributed by atoms with Crippen molar-refractivity contribution in [3.8, 4) is 0 Å². The molecule has 1 unspecified atom stereocenters. The molecule has 0 radical (unpaired) electrons. The second kappa shape index (κ2) is 7.46. The fourth-order valence-electron chi connectivity index (χ4n) is 2.56. The average Bonchev–Trinajstić information content (AvgIpc) is 2.52. The SMILES string of the molecule is CCC(C)NCC(=O)N1CCN(c2cccc(C)c2)CC1. The summed E-state index contributed by atoms with van der Waals surface area (Å²) in [4.78, 5) is 16.5. The van der Waals surface area contributed by atoms with Crippen molar-refractivity contribution in [1.29, 1.82) is 0 Å². The molecule has 0 aliphatic carbocycles. The molecule has 1 aliphatic heterocycles. The number of benzene rings is 1. The van der Waals surface area contributed by atoms with Gasteiger partial charge in [0.05, 0.1) is 6.54 Å². The van der Waals surface area contributed by atoms with Crippen molar-refractivity contribution in [2.24, 2.45) is 0 Å². The van der Waals surface area contributed by atoms with Crippen molar-refractivity contribution in [3.63, 3.8) is 0 Å². The summed E-state index contributed by atoms with van der Waals surface area (Å²) in [5, 5.41) is 3.27. The second-order valence-corrected chi connectivity index (χ2v) is 5.90. The largest absolute Gasteiger partial charge is 0.368 e. The van der Waals surface area contributed by atoms with Crippen LogP contribution < -0.4 is 10.2 Å². The lowest BCUT2D eigenvalue weighted by atomic mass is 10.2. The highest BCUT2D eigenvalue weighted by Crippen LogP contribution is 2.17. The molecule has 0 aromatic heterocycles. The van der Waals surface area contributed by atoms with E-state index in [1.807, 2.05) is 4.90 Å². The summed E-state index contributed by atoms with van der Waals surface area (Å²) < 4.78 is 0. The molecule has 1 fully saturated rings. The molecule has 1 aliphatic rings. The average molecular weight is 289 g/mol. The van der Waals surface area contributed by atoms with Crippen LogP contribution in [0.15, 0.2) is 24.3 Å². The van der Waals surface area contributed by atoms with E-state index in [2.05, 4.69) is 55.3 Å². The quantitative estimate of drug-likeness (QED) is 0.901. The zero-order valence-electron chi connectivity index (χ0n) is 13.4. The van der Waals surface area contributed by atoms with Crippen molar-refractivity contribution < 1.29 is 4.79 Å². The van der Waals surface area contributed by atoms with E-state index >= 15 is 0 Å². The Bertz CT molecular complexity index is 467. The minimum atomic E-state index is 0.221. The molecule has 2 rings (SSSR count). The van der Waals surface area contributed by atoms with Gasteiger partial charge >= 0.3 is 0 Å². The van der Waals surface area contributed by atoms with Crippen LogP contribution in [0.1, 0.15) is 25.8 Å². The number of rotatable bonds is 5. The Labute approximate surface area is 128 Å². The third-order valence-corrected chi connectivity index (χ3v) is 4.21. The molecule has 4 heteroatoms. The highest BCUT2D eigenvalue weighted by molar-refractivity contribution is 5.78. The zero-order valence-corrected chi connectivity index (χ0v) is 13.4. The fraction of sp³-hybridized carbons (Fsp3) is 0.588. The van der Waals surface area contributed by atoms with Crippen molar-refractivity contribution in [1.82, 2.24) is 10.2 Å². The number of carbonyl (C=O) groups is 1. The van der Waals surface area contributed by atoms with Crippen LogP contribution in [0.4, 0.5) is 5.69 Å². The normalized spacial score (nSPS) is 16.9. The molecule has 0 spiro atoms. The van der Waals surface area contributed by atoms with Gasteiger partial charge < -0.3 is 15.1 Å². The number of nitrogens with zero attached hydrogens (tertiary/aromatic N) is 2. The molecule has 1 aromatic carbocycles. The number of piperazine rings is 1. The zero-order chi connectivity index (χ0) is 15.2. The summed E-state index contributed by atoms with van der Waals surface area (Å²) in [6, 6.07) is 8.97. The first kappa shape index (κ1) is 15.8. The van der Waals surface area contributed by atoms with Crippen LogP contribution in [0.3, 0.4) is 0 Å². The van der Waals surface area contributed by atoms with Crippen molar-refractivity contribution in [3.05, 3.63) is 29.8 Å². The van der Waals surface area contributed by atoms with E-state index in [-0.39, 0.29) is 5.91 Å². The van der Waals surface area contributed by atoms with E-state index in [1.54, 1.807) is 0 Å². The highest BCUT2D eigenvalue weighted by atomic mass is 16.2. The van der Waals surface area contributed by atoms with Crippen LogP contribution in [-0.2, 0) is 4.79 Å². The van der Waals surface area contributed by atoms with Crippen LogP contribution >= 0.6 is 0 Å². The third-order valence-electron chi connectivity index (χ3n) is 4.21. The van der Waals surface area contributed by atoms with Gasteiger partial charge in [-0.1, -0.05) is 19.1 Å². The Hall–Kier alpha value is -1.55. The Kier molecular flexibility index (Phi) is 5.62.